The van der Waals surface area contributed by atoms with E-state index in [-0.39, 0.29) is 0 Å². The zero-order valence-corrected chi connectivity index (χ0v) is 10.2. The molecule has 0 N–H and O–H groups in total. The first-order valence-corrected chi connectivity index (χ1v) is 6.37. The molecule has 2 nitrogen and oxygen atoms in total. The van der Waals surface area contributed by atoms with Crippen LogP contribution in [0.4, 0.5) is 0 Å². The van der Waals surface area contributed by atoms with E-state index in [0.29, 0.717) is 17.2 Å². The summed E-state index contributed by atoms with van der Waals surface area (Å²) in [5.41, 5.74) is 0.392. The predicted molar refractivity (Wildman–Crippen MR) is 59.8 cm³/mol. The molecule has 0 bridgehead atoms. The normalized spacial score (nSPS) is 25.5. The Hall–Kier alpha value is -0.150. The first kappa shape index (κ1) is 10.4. The third kappa shape index (κ3) is 1.80. The highest BCUT2D eigenvalue weighted by Gasteiger charge is 2.37. The lowest BCUT2D eigenvalue weighted by Gasteiger charge is -2.24. The van der Waals surface area contributed by atoms with Crippen LogP contribution in [-0.2, 0) is 5.88 Å². The molecule has 78 valence electrons. The van der Waals surface area contributed by atoms with Crippen LogP contribution in [0.2, 0.25) is 0 Å². The number of rotatable bonds is 2. The van der Waals surface area contributed by atoms with Crippen LogP contribution in [0.3, 0.4) is 0 Å². The molecule has 1 fully saturated rings. The Morgan fingerprint density at radius 1 is 1.50 bits per heavy atom. The van der Waals surface area contributed by atoms with Gasteiger partial charge in [0.05, 0.1) is 5.88 Å². The Morgan fingerprint density at radius 3 is 2.79 bits per heavy atom. The second-order valence-corrected chi connectivity index (χ2v) is 5.96. The number of hydrogen-bond donors (Lipinski definition) is 0. The Morgan fingerprint density at radius 2 is 2.29 bits per heavy atom. The third-order valence-corrected chi connectivity index (χ3v) is 4.60. The van der Waals surface area contributed by atoms with E-state index in [2.05, 4.69) is 24.0 Å². The maximum absolute atomic E-state index is 5.73. The highest BCUT2D eigenvalue weighted by Crippen LogP contribution is 2.49. The molecule has 0 radical (unpaired) electrons. The fourth-order valence-electron chi connectivity index (χ4n) is 2.25. The first-order valence-electron chi connectivity index (χ1n) is 5.02. The van der Waals surface area contributed by atoms with E-state index in [0.717, 1.165) is 5.01 Å². The van der Waals surface area contributed by atoms with Crippen molar-refractivity contribution in [1.29, 1.82) is 0 Å². The van der Waals surface area contributed by atoms with Crippen LogP contribution < -0.4 is 0 Å². The standard InChI is InChI=1S/C10H15ClN2S/c1-10(2)5-3-4-7(10)9-13-12-8(6-11)14-9/h7H,3-6H2,1-2H3. The summed E-state index contributed by atoms with van der Waals surface area (Å²) < 4.78 is 0. The van der Waals surface area contributed by atoms with Gasteiger partial charge in [0, 0.05) is 5.92 Å². The van der Waals surface area contributed by atoms with Crippen molar-refractivity contribution < 1.29 is 0 Å². The van der Waals surface area contributed by atoms with E-state index >= 15 is 0 Å². The summed E-state index contributed by atoms with van der Waals surface area (Å²) in [5.74, 6) is 1.09. The molecule has 1 saturated carbocycles. The van der Waals surface area contributed by atoms with Crippen LogP contribution in [0.5, 0.6) is 0 Å². The second-order valence-electron chi connectivity index (χ2n) is 4.60. The smallest absolute Gasteiger partial charge is 0.132 e. The van der Waals surface area contributed by atoms with Gasteiger partial charge in [-0.2, -0.15) is 0 Å². The molecule has 2 rings (SSSR count). The van der Waals surface area contributed by atoms with E-state index in [1.807, 2.05) is 0 Å². The van der Waals surface area contributed by atoms with E-state index in [1.54, 1.807) is 11.3 Å². The number of nitrogens with zero attached hydrogens (tertiary/aromatic N) is 2. The minimum atomic E-state index is 0.392. The van der Waals surface area contributed by atoms with Crippen molar-refractivity contribution in [3.63, 3.8) is 0 Å². The molecule has 1 atom stereocenters. The van der Waals surface area contributed by atoms with Gasteiger partial charge in [0.25, 0.3) is 0 Å². The maximum atomic E-state index is 5.73. The van der Waals surface area contributed by atoms with Gasteiger partial charge >= 0.3 is 0 Å². The summed E-state index contributed by atoms with van der Waals surface area (Å²) in [4.78, 5) is 0. The Balaban J connectivity index is 2.22. The van der Waals surface area contributed by atoms with Crippen LogP contribution in [0, 0.1) is 5.41 Å². The minimum Gasteiger partial charge on any atom is -0.143 e. The van der Waals surface area contributed by atoms with Gasteiger partial charge in [-0.15, -0.1) is 21.8 Å². The van der Waals surface area contributed by atoms with Crippen LogP contribution in [0.1, 0.15) is 49.0 Å². The quantitative estimate of drug-likeness (QED) is 0.726. The number of halogens is 1. The van der Waals surface area contributed by atoms with Crippen molar-refractivity contribution in [1.82, 2.24) is 10.2 Å². The monoisotopic (exact) mass is 230 g/mol. The maximum Gasteiger partial charge on any atom is 0.132 e. The van der Waals surface area contributed by atoms with Crippen LogP contribution in [-0.4, -0.2) is 10.2 Å². The summed E-state index contributed by atoms with van der Waals surface area (Å²) in [6, 6.07) is 0. The lowest BCUT2D eigenvalue weighted by molar-refractivity contribution is 0.330. The van der Waals surface area contributed by atoms with Gasteiger partial charge in [-0.05, 0) is 18.3 Å². The summed E-state index contributed by atoms with van der Waals surface area (Å²) in [6.45, 7) is 4.65. The van der Waals surface area contributed by atoms with Gasteiger partial charge in [-0.1, -0.05) is 31.6 Å². The Labute approximate surface area is 93.7 Å². The van der Waals surface area contributed by atoms with Gasteiger partial charge in [-0.3, -0.25) is 0 Å². The van der Waals surface area contributed by atoms with E-state index < -0.39 is 0 Å². The zero-order chi connectivity index (χ0) is 10.2. The molecular weight excluding hydrogens is 216 g/mol. The molecule has 0 aromatic carbocycles. The molecule has 1 heterocycles. The topological polar surface area (TPSA) is 25.8 Å². The van der Waals surface area contributed by atoms with Crippen molar-refractivity contribution in [3.8, 4) is 0 Å². The van der Waals surface area contributed by atoms with Crippen molar-refractivity contribution in [2.45, 2.75) is 44.9 Å². The highest BCUT2D eigenvalue weighted by atomic mass is 35.5. The lowest BCUT2D eigenvalue weighted by atomic mass is 9.82. The molecule has 1 aromatic rings. The fourth-order valence-corrected chi connectivity index (χ4v) is 3.50. The molecule has 0 aliphatic heterocycles. The Kier molecular flexibility index (Phi) is 2.80. The molecule has 4 heteroatoms. The summed E-state index contributed by atoms with van der Waals surface area (Å²) in [7, 11) is 0. The van der Waals surface area contributed by atoms with E-state index in [1.165, 1.54) is 24.3 Å². The van der Waals surface area contributed by atoms with Gasteiger partial charge in [0.2, 0.25) is 0 Å². The fraction of sp³-hybridized carbons (Fsp3) is 0.800. The van der Waals surface area contributed by atoms with Gasteiger partial charge in [0.1, 0.15) is 10.0 Å². The highest BCUT2D eigenvalue weighted by molar-refractivity contribution is 7.11. The van der Waals surface area contributed by atoms with Crippen molar-refractivity contribution in [2.75, 3.05) is 0 Å². The second kappa shape index (κ2) is 3.78. The molecule has 0 spiro atoms. The average Bonchev–Trinajstić information content (AvgIpc) is 2.70. The largest absolute Gasteiger partial charge is 0.143 e. The average molecular weight is 231 g/mol. The number of hydrogen-bond acceptors (Lipinski definition) is 3. The first-order chi connectivity index (χ1) is 6.63. The van der Waals surface area contributed by atoms with Crippen LogP contribution >= 0.6 is 22.9 Å². The van der Waals surface area contributed by atoms with Gasteiger partial charge in [0.15, 0.2) is 0 Å². The summed E-state index contributed by atoms with van der Waals surface area (Å²) >= 11 is 7.40. The Bertz CT molecular complexity index is 322. The summed E-state index contributed by atoms with van der Waals surface area (Å²) in [6.07, 6.45) is 3.87. The SMILES string of the molecule is CC1(C)CCCC1c1nnc(CCl)s1. The molecular formula is C10H15ClN2S. The zero-order valence-electron chi connectivity index (χ0n) is 8.59. The minimum absolute atomic E-state index is 0.392. The van der Waals surface area contributed by atoms with Crippen molar-refractivity contribution >= 4 is 22.9 Å². The van der Waals surface area contributed by atoms with Gasteiger partial charge < -0.3 is 0 Å². The van der Waals surface area contributed by atoms with E-state index in [9.17, 15) is 0 Å². The number of aromatic nitrogens is 2. The molecule has 14 heavy (non-hydrogen) atoms. The molecule has 0 saturated heterocycles. The van der Waals surface area contributed by atoms with Crippen molar-refractivity contribution in [2.24, 2.45) is 5.41 Å². The molecule has 0 amide bonds. The molecule has 1 aromatic heterocycles. The lowest BCUT2D eigenvalue weighted by Crippen LogP contribution is -2.15. The predicted octanol–water partition coefficient (Wildman–Crippen LogP) is 3.57. The molecule has 1 aliphatic carbocycles. The van der Waals surface area contributed by atoms with Crippen molar-refractivity contribution in [3.05, 3.63) is 10.0 Å². The van der Waals surface area contributed by atoms with Crippen LogP contribution in [0.15, 0.2) is 0 Å². The summed E-state index contributed by atoms with van der Waals surface area (Å²) in [5, 5.41) is 10.5. The third-order valence-electron chi connectivity index (χ3n) is 3.15. The molecule has 1 unspecified atom stereocenters. The van der Waals surface area contributed by atoms with E-state index in [4.69, 9.17) is 11.6 Å². The van der Waals surface area contributed by atoms with Gasteiger partial charge in [-0.25, -0.2) is 0 Å². The number of alkyl halides is 1. The molecule has 1 aliphatic rings. The van der Waals surface area contributed by atoms with Crippen LogP contribution in [0.25, 0.3) is 0 Å².